The van der Waals surface area contributed by atoms with Gasteiger partial charge in [-0.15, -0.1) is 0 Å². The van der Waals surface area contributed by atoms with Crippen LogP contribution in [0.1, 0.15) is 30.1 Å². The third-order valence-electron chi connectivity index (χ3n) is 4.12. The van der Waals surface area contributed by atoms with Crippen molar-refractivity contribution in [3.05, 3.63) is 29.8 Å². The molecule has 0 radical (unpaired) electrons. The lowest BCUT2D eigenvalue weighted by Crippen LogP contribution is -2.51. The van der Waals surface area contributed by atoms with E-state index >= 15 is 0 Å². The maximum absolute atomic E-state index is 11.7. The predicted octanol–water partition coefficient (Wildman–Crippen LogP) is 1.70. The summed E-state index contributed by atoms with van der Waals surface area (Å²) in [6, 6.07) is 8.07. The van der Waals surface area contributed by atoms with E-state index < -0.39 is 0 Å². The fourth-order valence-electron chi connectivity index (χ4n) is 3.13. The lowest BCUT2D eigenvalue weighted by atomic mass is 10.1. The van der Waals surface area contributed by atoms with Gasteiger partial charge < -0.3 is 9.80 Å². The van der Waals surface area contributed by atoms with Crippen molar-refractivity contribution in [2.24, 2.45) is 0 Å². The van der Waals surface area contributed by atoms with Gasteiger partial charge in [-0.3, -0.25) is 9.59 Å². The Morgan fingerprint density at radius 3 is 2.84 bits per heavy atom. The number of piperazine rings is 1. The van der Waals surface area contributed by atoms with E-state index in [9.17, 15) is 9.59 Å². The molecule has 0 spiro atoms. The van der Waals surface area contributed by atoms with Gasteiger partial charge in [0.05, 0.1) is 0 Å². The second kappa shape index (κ2) is 4.68. The quantitative estimate of drug-likeness (QED) is 0.758. The van der Waals surface area contributed by atoms with Crippen LogP contribution >= 0.6 is 0 Å². The molecule has 19 heavy (non-hydrogen) atoms. The van der Waals surface area contributed by atoms with E-state index in [-0.39, 0.29) is 11.7 Å². The molecule has 0 aromatic heterocycles. The second-order valence-electron chi connectivity index (χ2n) is 5.30. The van der Waals surface area contributed by atoms with E-state index in [2.05, 4.69) is 4.90 Å². The predicted molar refractivity (Wildman–Crippen MR) is 73.4 cm³/mol. The minimum atomic E-state index is 0.0977. The number of anilines is 1. The average molecular weight is 258 g/mol. The van der Waals surface area contributed by atoms with Gasteiger partial charge in [0, 0.05) is 43.3 Å². The number of amides is 1. The summed E-state index contributed by atoms with van der Waals surface area (Å²) in [5.74, 6) is 0.380. The highest BCUT2D eigenvalue weighted by molar-refractivity contribution is 5.99. The molecule has 1 unspecified atom stereocenters. The van der Waals surface area contributed by atoms with Crippen molar-refractivity contribution in [3.63, 3.8) is 0 Å². The van der Waals surface area contributed by atoms with E-state index in [0.717, 1.165) is 37.3 Å². The van der Waals surface area contributed by atoms with Crippen molar-refractivity contribution in [2.45, 2.75) is 25.8 Å². The zero-order chi connectivity index (χ0) is 13.4. The Labute approximate surface area is 113 Å². The lowest BCUT2D eigenvalue weighted by Gasteiger charge is -2.39. The van der Waals surface area contributed by atoms with Gasteiger partial charge in [-0.25, -0.2) is 0 Å². The molecular formula is C15H18N2O2. The Hall–Kier alpha value is -1.84. The molecule has 1 aromatic carbocycles. The molecule has 0 aliphatic carbocycles. The zero-order valence-corrected chi connectivity index (χ0v) is 11.1. The van der Waals surface area contributed by atoms with Crippen LogP contribution in [0.3, 0.4) is 0 Å². The summed E-state index contributed by atoms with van der Waals surface area (Å²) < 4.78 is 0. The number of para-hydroxylation sites is 1. The van der Waals surface area contributed by atoms with Crippen LogP contribution < -0.4 is 4.90 Å². The fourth-order valence-corrected chi connectivity index (χ4v) is 3.13. The van der Waals surface area contributed by atoms with Crippen molar-refractivity contribution in [2.75, 3.05) is 24.5 Å². The first-order valence-electron chi connectivity index (χ1n) is 6.81. The molecule has 0 bridgehead atoms. The molecule has 2 heterocycles. The Kier molecular flexibility index (Phi) is 3.01. The topological polar surface area (TPSA) is 40.6 Å². The largest absolute Gasteiger partial charge is 0.367 e. The standard InChI is InChI=1S/C15H18N2O2/c1-11(18)13-4-2-3-5-14(13)16-8-9-17-12(10-16)6-7-15(17)19/h2-5,12H,6-10H2,1H3. The molecular weight excluding hydrogens is 240 g/mol. The van der Waals surface area contributed by atoms with Crippen LogP contribution in [0.4, 0.5) is 5.69 Å². The number of ketones is 1. The number of benzene rings is 1. The average Bonchev–Trinajstić information content (AvgIpc) is 2.80. The van der Waals surface area contributed by atoms with Gasteiger partial charge in [0.2, 0.25) is 5.91 Å². The molecule has 100 valence electrons. The maximum atomic E-state index is 11.7. The highest BCUT2D eigenvalue weighted by Crippen LogP contribution is 2.28. The zero-order valence-electron chi connectivity index (χ0n) is 11.1. The third-order valence-corrected chi connectivity index (χ3v) is 4.12. The maximum Gasteiger partial charge on any atom is 0.223 e. The summed E-state index contributed by atoms with van der Waals surface area (Å²) in [6.07, 6.45) is 1.62. The minimum absolute atomic E-state index is 0.0977. The summed E-state index contributed by atoms with van der Waals surface area (Å²) in [5, 5.41) is 0. The monoisotopic (exact) mass is 258 g/mol. The number of Topliss-reactive ketones (excluding diaryl/α,β-unsaturated/α-hetero) is 1. The van der Waals surface area contributed by atoms with Gasteiger partial charge in [-0.1, -0.05) is 12.1 Å². The number of nitrogens with zero attached hydrogens (tertiary/aromatic N) is 2. The summed E-state index contributed by atoms with van der Waals surface area (Å²) in [4.78, 5) is 27.6. The van der Waals surface area contributed by atoms with Crippen LogP contribution in [-0.4, -0.2) is 42.3 Å². The first-order chi connectivity index (χ1) is 9.16. The Morgan fingerprint density at radius 2 is 2.05 bits per heavy atom. The fraction of sp³-hybridized carbons (Fsp3) is 0.467. The first-order valence-corrected chi connectivity index (χ1v) is 6.81. The second-order valence-corrected chi connectivity index (χ2v) is 5.30. The number of carbonyl (C=O) groups excluding carboxylic acids is 2. The SMILES string of the molecule is CC(=O)c1ccccc1N1CCN2C(=O)CCC2C1. The van der Waals surface area contributed by atoms with Crippen LogP contribution in [-0.2, 0) is 4.79 Å². The van der Waals surface area contributed by atoms with Gasteiger partial charge in [0.15, 0.2) is 5.78 Å². The van der Waals surface area contributed by atoms with Gasteiger partial charge >= 0.3 is 0 Å². The molecule has 3 rings (SSSR count). The van der Waals surface area contributed by atoms with Gasteiger partial charge in [-0.2, -0.15) is 0 Å². The normalized spacial score (nSPS) is 22.6. The van der Waals surface area contributed by atoms with Gasteiger partial charge in [-0.05, 0) is 25.5 Å². The van der Waals surface area contributed by atoms with E-state index in [0.29, 0.717) is 12.5 Å². The van der Waals surface area contributed by atoms with Crippen LogP contribution in [0, 0.1) is 0 Å². The summed E-state index contributed by atoms with van der Waals surface area (Å²) in [7, 11) is 0. The lowest BCUT2D eigenvalue weighted by molar-refractivity contribution is -0.129. The molecule has 1 atom stereocenters. The van der Waals surface area contributed by atoms with E-state index in [4.69, 9.17) is 0 Å². The number of hydrogen-bond donors (Lipinski definition) is 0. The van der Waals surface area contributed by atoms with Crippen LogP contribution in [0.25, 0.3) is 0 Å². The molecule has 2 aliphatic heterocycles. The third kappa shape index (κ3) is 2.11. The number of rotatable bonds is 2. The molecule has 2 fully saturated rings. The molecule has 0 saturated carbocycles. The molecule has 2 aliphatic rings. The highest BCUT2D eigenvalue weighted by atomic mass is 16.2. The van der Waals surface area contributed by atoms with Crippen molar-refractivity contribution in [1.29, 1.82) is 0 Å². The first kappa shape index (κ1) is 12.2. The summed E-state index contributed by atoms with van der Waals surface area (Å²) in [5.41, 5.74) is 1.79. The van der Waals surface area contributed by atoms with Gasteiger partial charge in [0.25, 0.3) is 0 Å². The van der Waals surface area contributed by atoms with Crippen molar-refractivity contribution >= 4 is 17.4 Å². The van der Waals surface area contributed by atoms with Crippen molar-refractivity contribution < 1.29 is 9.59 Å². The molecule has 4 heteroatoms. The molecule has 1 aromatic rings. The van der Waals surface area contributed by atoms with Crippen LogP contribution in [0.5, 0.6) is 0 Å². The van der Waals surface area contributed by atoms with Crippen molar-refractivity contribution in [1.82, 2.24) is 4.90 Å². The minimum Gasteiger partial charge on any atom is -0.367 e. The van der Waals surface area contributed by atoms with Gasteiger partial charge in [0.1, 0.15) is 0 Å². The van der Waals surface area contributed by atoms with E-state index in [1.165, 1.54) is 0 Å². The smallest absolute Gasteiger partial charge is 0.223 e. The molecule has 4 nitrogen and oxygen atoms in total. The number of fused-ring (bicyclic) bond motifs is 1. The Bertz CT molecular complexity index is 527. The van der Waals surface area contributed by atoms with Crippen molar-refractivity contribution in [3.8, 4) is 0 Å². The Balaban J connectivity index is 1.85. The van der Waals surface area contributed by atoms with E-state index in [1.807, 2.05) is 29.2 Å². The van der Waals surface area contributed by atoms with E-state index in [1.54, 1.807) is 6.92 Å². The highest BCUT2D eigenvalue weighted by Gasteiger charge is 2.35. The number of carbonyl (C=O) groups is 2. The van der Waals surface area contributed by atoms with Crippen LogP contribution in [0.2, 0.25) is 0 Å². The summed E-state index contributed by atoms with van der Waals surface area (Å²) in [6.45, 7) is 4.03. The molecule has 2 saturated heterocycles. The van der Waals surface area contributed by atoms with Crippen LogP contribution in [0.15, 0.2) is 24.3 Å². The molecule has 1 amide bonds. The summed E-state index contributed by atoms with van der Waals surface area (Å²) >= 11 is 0. The number of hydrogen-bond acceptors (Lipinski definition) is 3. The molecule has 0 N–H and O–H groups in total. The Morgan fingerprint density at radius 1 is 1.26 bits per heavy atom.